The lowest BCUT2D eigenvalue weighted by atomic mass is 9.18. The molecule has 0 aliphatic heterocycles. The van der Waals surface area contributed by atoms with Crippen molar-refractivity contribution in [3.63, 3.8) is 0 Å². The number of fused-ring (bicyclic) bond motifs is 6. The molecule has 2 aliphatic carbocycles. The first kappa shape index (κ1) is 35.4. The van der Waals surface area contributed by atoms with Gasteiger partial charge in [0, 0.05) is 22.5 Å². The van der Waals surface area contributed by atoms with Crippen LogP contribution in [0.2, 0.25) is 10.2 Å². The molecule has 0 heterocycles. The number of benzene rings is 7. The lowest BCUT2D eigenvalue weighted by molar-refractivity contribution is 0.533. The highest BCUT2D eigenvalue weighted by atomic mass is 15.1. The van der Waals surface area contributed by atoms with Crippen LogP contribution in [-0.4, -0.2) is 47.1 Å². The zero-order valence-corrected chi connectivity index (χ0v) is 33.5. The van der Waals surface area contributed by atoms with Gasteiger partial charge >= 0.3 is 0 Å². The van der Waals surface area contributed by atoms with E-state index in [1.54, 1.807) is 0 Å². The highest BCUT2D eigenvalue weighted by Gasteiger charge is 2.57. The van der Waals surface area contributed by atoms with Crippen molar-refractivity contribution in [3.8, 4) is 44.5 Å². The number of hydrogen-bond donors (Lipinski definition) is 0. The Bertz CT molecular complexity index is 2590. The van der Waals surface area contributed by atoms with E-state index in [1.165, 1.54) is 78.1 Å². The predicted molar refractivity (Wildman–Crippen MR) is 252 cm³/mol. The van der Waals surface area contributed by atoms with Crippen LogP contribution >= 0.6 is 0 Å². The van der Waals surface area contributed by atoms with Crippen LogP contribution in [0.5, 0.6) is 0 Å². The van der Waals surface area contributed by atoms with Crippen LogP contribution in [0.1, 0.15) is 36.1 Å². The van der Waals surface area contributed by atoms with E-state index in [0.717, 1.165) is 5.69 Å². The molecule has 0 amide bonds. The molecular formula is C48H45B6N. The van der Waals surface area contributed by atoms with E-state index in [9.17, 15) is 0 Å². The molecule has 7 aromatic rings. The summed E-state index contributed by atoms with van der Waals surface area (Å²) in [5.41, 5.74) is 19.1. The second-order valence-corrected chi connectivity index (χ2v) is 18.2. The van der Waals surface area contributed by atoms with Crippen molar-refractivity contribution < 1.29 is 0 Å². The molecule has 2 aliphatic rings. The van der Waals surface area contributed by atoms with E-state index in [4.69, 9.17) is 0 Å². The van der Waals surface area contributed by atoms with Crippen molar-refractivity contribution in [1.29, 1.82) is 0 Å². The largest absolute Gasteiger partial charge is 0.310 e. The molecule has 1 nitrogen and oxygen atoms in total. The molecule has 0 radical (unpaired) electrons. The van der Waals surface area contributed by atoms with Crippen LogP contribution in [-0.2, 0) is 10.8 Å². The Morgan fingerprint density at radius 2 is 0.873 bits per heavy atom. The standard InChI is InChI=1S/C48H45B6N/c1-45(2)40-21-10-9-19-37(40)38-25-23-34(28-42(38)45)55(33-18-11-17-32(27-33)30-13-5-3-6-14-30)35-24-26-39-43(29-35)46(47(49,50)51,48(52,53)54)41-22-12-20-36(44(39)41)31-15-7-4-8-16-31/h3-29H,49-54H2,1-2H3. The van der Waals surface area contributed by atoms with Gasteiger partial charge in [0.25, 0.3) is 0 Å². The molecule has 0 atom stereocenters. The van der Waals surface area contributed by atoms with Gasteiger partial charge in [-0.2, -0.15) is 0 Å². The summed E-state index contributed by atoms with van der Waals surface area (Å²) in [5, 5.41) is -0.193. The average molecular weight is 701 g/mol. The van der Waals surface area contributed by atoms with Crippen molar-refractivity contribution in [2.45, 2.75) is 34.9 Å². The third-order valence-electron chi connectivity index (χ3n) is 12.8. The van der Waals surface area contributed by atoms with Crippen molar-refractivity contribution in [2.75, 3.05) is 4.90 Å². The van der Waals surface area contributed by atoms with E-state index in [-0.39, 0.29) is 21.1 Å². The SMILES string of the molecule is BC(B)(B)C1(C(B)(B)B)c2cc(N(c3cccc(-c4ccccc4)c3)c3ccc4c(c3)C(C)(C)c3ccccc3-4)ccc2-c2c(-c3ccccc3)cccc21. The summed E-state index contributed by atoms with van der Waals surface area (Å²) in [6.07, 6.45) is 0. The molecule has 7 heteroatoms. The fourth-order valence-corrected chi connectivity index (χ4v) is 10.8. The van der Waals surface area contributed by atoms with E-state index in [1.807, 2.05) is 0 Å². The molecule has 7 aromatic carbocycles. The van der Waals surface area contributed by atoms with Crippen LogP contribution < -0.4 is 4.90 Å². The van der Waals surface area contributed by atoms with Crippen LogP contribution in [0.4, 0.5) is 17.1 Å². The summed E-state index contributed by atoms with van der Waals surface area (Å²) in [4.78, 5) is 2.50. The van der Waals surface area contributed by atoms with Gasteiger partial charge in [-0.3, -0.25) is 0 Å². The van der Waals surface area contributed by atoms with Crippen LogP contribution in [0.3, 0.4) is 0 Å². The first-order valence-corrected chi connectivity index (χ1v) is 19.9. The molecule has 0 saturated heterocycles. The number of nitrogens with zero attached hydrogens (tertiary/aromatic N) is 1. The highest BCUT2D eigenvalue weighted by molar-refractivity contribution is 6.66. The lowest BCUT2D eigenvalue weighted by Gasteiger charge is -2.54. The third kappa shape index (κ3) is 5.30. The maximum atomic E-state index is 2.54. The topological polar surface area (TPSA) is 3.24 Å². The fraction of sp³-hybridized carbons (Fsp3) is 0.125. The molecule has 0 aromatic heterocycles. The van der Waals surface area contributed by atoms with E-state index in [2.05, 4.69) is 230 Å². The normalized spacial score (nSPS) is 14.7. The van der Waals surface area contributed by atoms with Crippen LogP contribution in [0.15, 0.2) is 164 Å². The van der Waals surface area contributed by atoms with Crippen molar-refractivity contribution >= 4 is 64.1 Å². The zero-order valence-electron chi connectivity index (χ0n) is 33.5. The lowest BCUT2D eigenvalue weighted by Crippen LogP contribution is -2.52. The first-order chi connectivity index (χ1) is 26.3. The smallest absolute Gasteiger partial charge is 0.0920 e. The maximum absolute atomic E-state index is 2.54. The maximum Gasteiger partial charge on any atom is 0.0920 e. The monoisotopic (exact) mass is 701 g/mol. The molecule has 260 valence electrons. The van der Waals surface area contributed by atoms with Crippen molar-refractivity contribution in [2.24, 2.45) is 0 Å². The van der Waals surface area contributed by atoms with Gasteiger partial charge < -0.3 is 4.90 Å². The Morgan fingerprint density at radius 3 is 1.55 bits per heavy atom. The average Bonchev–Trinajstić information content (AvgIpc) is 3.62. The first-order valence-electron chi connectivity index (χ1n) is 19.9. The van der Waals surface area contributed by atoms with E-state index in [0.29, 0.717) is 0 Å². The number of hydrogen-bond acceptors (Lipinski definition) is 1. The molecule has 0 N–H and O–H groups in total. The number of rotatable bonds is 7. The van der Waals surface area contributed by atoms with E-state index < -0.39 is 0 Å². The second kappa shape index (κ2) is 12.6. The van der Waals surface area contributed by atoms with Gasteiger partial charge in [0.05, 0.1) is 47.1 Å². The van der Waals surface area contributed by atoms with Gasteiger partial charge in [-0.25, -0.2) is 0 Å². The Morgan fingerprint density at radius 1 is 0.382 bits per heavy atom. The molecule has 55 heavy (non-hydrogen) atoms. The predicted octanol–water partition coefficient (Wildman–Crippen LogP) is 7.01. The molecule has 0 bridgehead atoms. The van der Waals surface area contributed by atoms with Gasteiger partial charge in [0.1, 0.15) is 0 Å². The van der Waals surface area contributed by atoms with Crippen molar-refractivity contribution in [1.82, 2.24) is 0 Å². The highest BCUT2D eigenvalue weighted by Crippen LogP contribution is 2.66. The summed E-state index contributed by atoms with van der Waals surface area (Å²) in [6, 6.07) is 61.2. The van der Waals surface area contributed by atoms with E-state index >= 15 is 0 Å². The minimum atomic E-state index is -0.273. The van der Waals surface area contributed by atoms with Gasteiger partial charge in [-0.1, -0.05) is 151 Å². The minimum Gasteiger partial charge on any atom is -0.310 e. The van der Waals surface area contributed by atoms with Gasteiger partial charge in [0.15, 0.2) is 0 Å². The summed E-state index contributed by atoms with van der Waals surface area (Å²) >= 11 is 0. The molecule has 9 rings (SSSR count). The van der Waals surface area contributed by atoms with Gasteiger partial charge in [0.2, 0.25) is 0 Å². The Balaban J connectivity index is 1.32. The fourth-order valence-electron chi connectivity index (χ4n) is 10.8. The molecule has 0 spiro atoms. The quantitative estimate of drug-likeness (QED) is 0.162. The molecule has 0 unspecified atom stereocenters. The van der Waals surface area contributed by atoms with Gasteiger partial charge in [-0.15, -0.1) is 0 Å². The summed E-state index contributed by atoms with van der Waals surface area (Å²) in [6.45, 7) is 4.75. The van der Waals surface area contributed by atoms with Gasteiger partial charge in [-0.05, 0) is 109 Å². The summed E-state index contributed by atoms with van der Waals surface area (Å²) in [7, 11) is 14.7. The van der Waals surface area contributed by atoms with Crippen LogP contribution in [0.25, 0.3) is 44.5 Å². The Hall–Kier alpha value is -5.27. The zero-order chi connectivity index (χ0) is 38.3. The Labute approximate surface area is 333 Å². The summed E-state index contributed by atoms with van der Waals surface area (Å²) in [5.74, 6) is 0. The molecular weight excluding hydrogens is 655 g/mol. The summed E-state index contributed by atoms with van der Waals surface area (Å²) < 4.78 is 0. The molecule has 0 fully saturated rings. The third-order valence-corrected chi connectivity index (χ3v) is 12.8. The Kier molecular flexibility index (Phi) is 8.14. The minimum absolute atomic E-state index is 0.0966. The second-order valence-electron chi connectivity index (χ2n) is 18.2. The molecule has 0 saturated carbocycles. The van der Waals surface area contributed by atoms with Crippen LogP contribution in [0, 0.1) is 0 Å². The number of anilines is 3. The van der Waals surface area contributed by atoms with Crippen molar-refractivity contribution in [3.05, 3.63) is 186 Å².